The molecule has 0 bridgehead atoms. The first-order valence-electron chi connectivity index (χ1n) is 4.50. The Balaban J connectivity index is 2.62. The highest BCUT2D eigenvalue weighted by Crippen LogP contribution is 2.28. The zero-order chi connectivity index (χ0) is 9.35. The minimum Gasteiger partial charge on any atom is -0.291 e. The normalized spacial score (nSPS) is 27.8. The van der Waals surface area contributed by atoms with Crippen molar-refractivity contribution in [2.45, 2.75) is 40.2 Å². The van der Waals surface area contributed by atoms with E-state index in [1.807, 2.05) is 13.8 Å². The van der Waals surface area contributed by atoms with Crippen molar-refractivity contribution in [2.75, 3.05) is 0 Å². The van der Waals surface area contributed by atoms with Crippen LogP contribution in [-0.2, 0) is 4.79 Å². The van der Waals surface area contributed by atoms with Gasteiger partial charge in [-0.15, -0.1) is 0 Å². The average Bonchev–Trinajstić information content (AvgIpc) is 2.15. The molecule has 0 aliphatic carbocycles. The summed E-state index contributed by atoms with van der Waals surface area (Å²) in [5, 5.41) is 0. The molecular formula is C9H18N2O. The topological polar surface area (TPSA) is 41.1 Å². The second-order valence-corrected chi connectivity index (χ2v) is 4.50. The van der Waals surface area contributed by atoms with Gasteiger partial charge < -0.3 is 0 Å². The molecule has 70 valence electrons. The van der Waals surface area contributed by atoms with Crippen LogP contribution in [-0.4, -0.2) is 11.9 Å². The molecule has 0 aromatic rings. The van der Waals surface area contributed by atoms with Crippen LogP contribution in [0.25, 0.3) is 0 Å². The van der Waals surface area contributed by atoms with Gasteiger partial charge in [0.05, 0.1) is 5.41 Å². The zero-order valence-electron chi connectivity index (χ0n) is 8.27. The quantitative estimate of drug-likeness (QED) is 0.650. The van der Waals surface area contributed by atoms with Crippen molar-refractivity contribution in [3.63, 3.8) is 0 Å². The molecule has 1 atom stereocenters. The minimum atomic E-state index is -0.260. The minimum absolute atomic E-state index is 0.105. The maximum atomic E-state index is 11.3. The average molecular weight is 170 g/mol. The zero-order valence-corrected chi connectivity index (χ0v) is 8.27. The predicted molar refractivity (Wildman–Crippen MR) is 48.3 cm³/mol. The lowest BCUT2D eigenvalue weighted by Crippen LogP contribution is -2.36. The standard InChI is InChI=1S/C9H18N2O/c1-6(2)5-7-9(3,4)8(12)11-10-7/h6-7,10H,5H2,1-4H3,(H,11,12). The fourth-order valence-corrected chi connectivity index (χ4v) is 1.48. The van der Waals surface area contributed by atoms with Gasteiger partial charge in [0.2, 0.25) is 5.91 Å². The van der Waals surface area contributed by atoms with Crippen LogP contribution in [0.1, 0.15) is 34.1 Å². The number of hydrogen-bond donors (Lipinski definition) is 2. The summed E-state index contributed by atoms with van der Waals surface area (Å²) >= 11 is 0. The van der Waals surface area contributed by atoms with Crippen LogP contribution in [0.15, 0.2) is 0 Å². The molecule has 0 spiro atoms. The third-order valence-corrected chi connectivity index (χ3v) is 2.52. The van der Waals surface area contributed by atoms with Crippen LogP contribution >= 0.6 is 0 Å². The van der Waals surface area contributed by atoms with Gasteiger partial charge in [0.1, 0.15) is 0 Å². The van der Waals surface area contributed by atoms with Crippen molar-refractivity contribution in [3.05, 3.63) is 0 Å². The largest absolute Gasteiger partial charge is 0.291 e. The summed E-state index contributed by atoms with van der Waals surface area (Å²) in [6.07, 6.45) is 1.03. The first-order chi connectivity index (χ1) is 5.44. The van der Waals surface area contributed by atoms with Crippen molar-refractivity contribution >= 4 is 5.91 Å². The highest BCUT2D eigenvalue weighted by molar-refractivity contribution is 5.84. The van der Waals surface area contributed by atoms with E-state index < -0.39 is 0 Å². The number of nitrogens with one attached hydrogen (secondary N) is 2. The summed E-state index contributed by atoms with van der Waals surface area (Å²) in [6.45, 7) is 8.30. The highest BCUT2D eigenvalue weighted by atomic mass is 16.2. The van der Waals surface area contributed by atoms with E-state index in [4.69, 9.17) is 0 Å². The lowest BCUT2D eigenvalue weighted by molar-refractivity contribution is -0.126. The third-order valence-electron chi connectivity index (χ3n) is 2.52. The first-order valence-corrected chi connectivity index (χ1v) is 4.50. The Labute approximate surface area is 73.9 Å². The Bertz CT molecular complexity index is 187. The lowest BCUT2D eigenvalue weighted by atomic mass is 9.81. The molecule has 0 aromatic heterocycles. The molecule has 1 heterocycles. The van der Waals surface area contributed by atoms with Crippen LogP contribution in [0.4, 0.5) is 0 Å². The predicted octanol–water partition coefficient (Wildman–Crippen LogP) is 1.06. The van der Waals surface area contributed by atoms with E-state index in [-0.39, 0.29) is 17.4 Å². The number of carbonyl (C=O) groups excluding carboxylic acids is 1. The smallest absolute Gasteiger partial charge is 0.241 e. The number of rotatable bonds is 2. The fourth-order valence-electron chi connectivity index (χ4n) is 1.48. The van der Waals surface area contributed by atoms with E-state index in [2.05, 4.69) is 24.7 Å². The molecule has 0 radical (unpaired) electrons. The lowest BCUT2D eigenvalue weighted by Gasteiger charge is -2.23. The molecule has 1 fully saturated rings. The van der Waals surface area contributed by atoms with Gasteiger partial charge in [0, 0.05) is 6.04 Å². The Hall–Kier alpha value is -0.570. The molecule has 2 N–H and O–H groups in total. The number of carbonyl (C=O) groups is 1. The van der Waals surface area contributed by atoms with Crippen molar-refractivity contribution in [1.29, 1.82) is 0 Å². The number of amides is 1. The van der Waals surface area contributed by atoms with Gasteiger partial charge in [0.15, 0.2) is 0 Å². The molecule has 3 nitrogen and oxygen atoms in total. The maximum absolute atomic E-state index is 11.3. The molecular weight excluding hydrogens is 152 g/mol. The van der Waals surface area contributed by atoms with Crippen LogP contribution in [0.5, 0.6) is 0 Å². The van der Waals surface area contributed by atoms with Crippen molar-refractivity contribution in [3.8, 4) is 0 Å². The van der Waals surface area contributed by atoms with Crippen molar-refractivity contribution in [2.24, 2.45) is 11.3 Å². The second kappa shape index (κ2) is 3.05. The Kier molecular flexibility index (Phi) is 2.42. The molecule has 0 saturated carbocycles. The summed E-state index contributed by atoms with van der Waals surface area (Å²) in [5.41, 5.74) is 5.45. The van der Waals surface area contributed by atoms with Crippen LogP contribution in [0.3, 0.4) is 0 Å². The van der Waals surface area contributed by atoms with Gasteiger partial charge in [-0.05, 0) is 26.2 Å². The van der Waals surface area contributed by atoms with E-state index in [0.29, 0.717) is 5.92 Å². The third kappa shape index (κ3) is 1.61. The van der Waals surface area contributed by atoms with E-state index in [9.17, 15) is 4.79 Å². The highest BCUT2D eigenvalue weighted by Gasteiger charge is 2.42. The van der Waals surface area contributed by atoms with E-state index in [1.165, 1.54) is 0 Å². The molecule has 0 aromatic carbocycles. The van der Waals surface area contributed by atoms with Crippen LogP contribution < -0.4 is 10.9 Å². The van der Waals surface area contributed by atoms with Gasteiger partial charge >= 0.3 is 0 Å². The fraction of sp³-hybridized carbons (Fsp3) is 0.889. The maximum Gasteiger partial charge on any atom is 0.241 e. The summed E-state index contributed by atoms with van der Waals surface area (Å²) in [7, 11) is 0. The second-order valence-electron chi connectivity index (χ2n) is 4.50. The SMILES string of the molecule is CC(C)CC1NNC(=O)C1(C)C. The Morgan fingerprint density at radius 3 is 2.42 bits per heavy atom. The van der Waals surface area contributed by atoms with Gasteiger partial charge in [-0.3, -0.25) is 10.2 Å². The molecule has 1 saturated heterocycles. The molecule has 1 aliphatic heterocycles. The molecule has 1 aliphatic rings. The molecule has 12 heavy (non-hydrogen) atoms. The first kappa shape index (κ1) is 9.52. The van der Waals surface area contributed by atoms with E-state index in [1.54, 1.807) is 0 Å². The monoisotopic (exact) mass is 170 g/mol. The van der Waals surface area contributed by atoms with Crippen molar-refractivity contribution < 1.29 is 4.79 Å². The Morgan fingerprint density at radius 2 is 2.08 bits per heavy atom. The van der Waals surface area contributed by atoms with Crippen LogP contribution in [0.2, 0.25) is 0 Å². The van der Waals surface area contributed by atoms with Gasteiger partial charge in [0.25, 0.3) is 0 Å². The summed E-state index contributed by atoms with van der Waals surface area (Å²) in [4.78, 5) is 11.3. The molecule has 1 amide bonds. The Morgan fingerprint density at radius 1 is 1.50 bits per heavy atom. The summed E-state index contributed by atoms with van der Waals surface area (Å²) < 4.78 is 0. The van der Waals surface area contributed by atoms with E-state index in [0.717, 1.165) is 6.42 Å². The number of hydrogen-bond acceptors (Lipinski definition) is 2. The van der Waals surface area contributed by atoms with Gasteiger partial charge in [-0.25, -0.2) is 5.43 Å². The van der Waals surface area contributed by atoms with Gasteiger partial charge in [-0.2, -0.15) is 0 Å². The molecule has 1 rings (SSSR count). The van der Waals surface area contributed by atoms with E-state index >= 15 is 0 Å². The van der Waals surface area contributed by atoms with Crippen LogP contribution in [0, 0.1) is 11.3 Å². The summed E-state index contributed by atoms with van der Waals surface area (Å²) in [6, 6.07) is 0.269. The number of hydrazine groups is 1. The molecule has 3 heteroatoms. The molecule has 1 unspecified atom stereocenters. The van der Waals surface area contributed by atoms with Crippen molar-refractivity contribution in [1.82, 2.24) is 10.9 Å². The summed E-state index contributed by atoms with van der Waals surface area (Å²) in [5.74, 6) is 0.725. The van der Waals surface area contributed by atoms with Gasteiger partial charge in [-0.1, -0.05) is 13.8 Å².